The molecule has 0 aromatic heterocycles. The van der Waals surface area contributed by atoms with Crippen LogP contribution in [0.2, 0.25) is 0 Å². The van der Waals surface area contributed by atoms with E-state index < -0.39 is 5.91 Å². The zero-order valence-electron chi connectivity index (χ0n) is 18.9. The Morgan fingerprint density at radius 1 is 0.912 bits per heavy atom. The number of ether oxygens (including phenoxy) is 2. The first-order chi connectivity index (χ1) is 16.4. The van der Waals surface area contributed by atoms with Crippen LogP contribution in [0.4, 0.5) is 10.1 Å². The van der Waals surface area contributed by atoms with Gasteiger partial charge in [-0.15, -0.1) is 0 Å². The van der Waals surface area contributed by atoms with Crippen LogP contribution in [-0.4, -0.2) is 30.1 Å². The highest BCUT2D eigenvalue weighted by Crippen LogP contribution is 2.37. The highest BCUT2D eigenvalue weighted by atomic mass is 19.1. The molecule has 0 fully saturated rings. The molecule has 0 spiro atoms. The SMILES string of the molecule is Cc1ccc(C2=C(Nc3ccc4c(c3)OCO4)C(=O)N(CCc3ccc(F)cc3)C2=O)c(C)c1. The molecule has 5 rings (SSSR count). The van der Waals surface area contributed by atoms with E-state index in [1.165, 1.54) is 17.0 Å². The minimum atomic E-state index is -0.403. The van der Waals surface area contributed by atoms with Crippen molar-refractivity contribution in [2.75, 3.05) is 18.7 Å². The van der Waals surface area contributed by atoms with E-state index in [-0.39, 0.29) is 30.8 Å². The van der Waals surface area contributed by atoms with Crippen molar-refractivity contribution in [3.05, 3.63) is 94.4 Å². The van der Waals surface area contributed by atoms with Gasteiger partial charge in [-0.3, -0.25) is 14.5 Å². The lowest BCUT2D eigenvalue weighted by Gasteiger charge is -2.15. The molecular formula is C27H23FN2O4. The fraction of sp³-hybridized carbons (Fsp3) is 0.185. The van der Waals surface area contributed by atoms with Gasteiger partial charge < -0.3 is 14.8 Å². The van der Waals surface area contributed by atoms with Crippen molar-refractivity contribution in [3.63, 3.8) is 0 Å². The fourth-order valence-electron chi connectivity index (χ4n) is 4.25. The third-order valence-electron chi connectivity index (χ3n) is 6.00. The number of amides is 2. The second-order valence-electron chi connectivity index (χ2n) is 8.40. The van der Waals surface area contributed by atoms with Gasteiger partial charge in [0.2, 0.25) is 6.79 Å². The van der Waals surface area contributed by atoms with E-state index in [1.54, 1.807) is 30.3 Å². The maximum Gasteiger partial charge on any atom is 0.278 e. The van der Waals surface area contributed by atoms with E-state index in [0.717, 1.165) is 16.7 Å². The van der Waals surface area contributed by atoms with E-state index >= 15 is 0 Å². The van der Waals surface area contributed by atoms with Gasteiger partial charge in [0, 0.05) is 18.3 Å². The van der Waals surface area contributed by atoms with Crippen LogP contribution in [0.5, 0.6) is 11.5 Å². The van der Waals surface area contributed by atoms with Crippen LogP contribution >= 0.6 is 0 Å². The molecule has 7 heteroatoms. The predicted octanol–water partition coefficient (Wildman–Crippen LogP) is 4.61. The molecule has 2 heterocycles. The van der Waals surface area contributed by atoms with Gasteiger partial charge in [0.15, 0.2) is 11.5 Å². The average Bonchev–Trinajstić information content (AvgIpc) is 3.37. The highest BCUT2D eigenvalue weighted by Gasteiger charge is 2.39. The molecule has 0 saturated heterocycles. The monoisotopic (exact) mass is 458 g/mol. The van der Waals surface area contributed by atoms with Crippen molar-refractivity contribution >= 4 is 23.1 Å². The molecule has 3 aromatic rings. The van der Waals surface area contributed by atoms with Crippen LogP contribution in [0.25, 0.3) is 5.57 Å². The summed E-state index contributed by atoms with van der Waals surface area (Å²) in [5.41, 5.74) is 4.68. The summed E-state index contributed by atoms with van der Waals surface area (Å²) in [5.74, 6) is 0.112. The molecule has 2 aliphatic heterocycles. The normalized spacial score (nSPS) is 14.9. The molecule has 1 N–H and O–H groups in total. The first kappa shape index (κ1) is 21.7. The number of benzene rings is 3. The lowest BCUT2D eigenvalue weighted by atomic mass is 9.97. The number of hydrogen-bond acceptors (Lipinski definition) is 5. The summed E-state index contributed by atoms with van der Waals surface area (Å²) in [6, 6.07) is 17.1. The lowest BCUT2D eigenvalue weighted by molar-refractivity contribution is -0.136. The predicted molar refractivity (Wildman–Crippen MR) is 126 cm³/mol. The Balaban J connectivity index is 1.49. The van der Waals surface area contributed by atoms with Crippen LogP contribution in [0.3, 0.4) is 0 Å². The molecule has 6 nitrogen and oxygen atoms in total. The number of rotatable bonds is 6. The topological polar surface area (TPSA) is 67.9 Å². The summed E-state index contributed by atoms with van der Waals surface area (Å²) in [6.45, 7) is 4.23. The number of carbonyl (C=O) groups is 2. The number of nitrogens with one attached hydrogen (secondary N) is 1. The second-order valence-corrected chi connectivity index (χ2v) is 8.40. The van der Waals surface area contributed by atoms with Crippen molar-refractivity contribution in [1.29, 1.82) is 0 Å². The average molecular weight is 458 g/mol. The number of hydrogen-bond donors (Lipinski definition) is 1. The number of fused-ring (bicyclic) bond motifs is 1. The van der Waals surface area contributed by atoms with Crippen LogP contribution in [-0.2, 0) is 16.0 Å². The van der Waals surface area contributed by atoms with Crippen molar-refractivity contribution in [1.82, 2.24) is 4.90 Å². The number of imide groups is 1. The first-order valence-electron chi connectivity index (χ1n) is 11.0. The van der Waals surface area contributed by atoms with Crippen LogP contribution in [0, 0.1) is 19.7 Å². The zero-order chi connectivity index (χ0) is 23.8. The molecule has 172 valence electrons. The van der Waals surface area contributed by atoms with Gasteiger partial charge in [-0.25, -0.2) is 4.39 Å². The van der Waals surface area contributed by atoms with Crippen molar-refractivity contribution in [2.24, 2.45) is 0 Å². The number of anilines is 1. The van der Waals surface area contributed by atoms with Gasteiger partial charge in [-0.05, 0) is 61.2 Å². The van der Waals surface area contributed by atoms with Gasteiger partial charge in [0.25, 0.3) is 11.8 Å². The molecule has 0 unspecified atom stereocenters. The summed E-state index contributed by atoms with van der Waals surface area (Å²) in [7, 11) is 0. The third kappa shape index (κ3) is 4.01. The summed E-state index contributed by atoms with van der Waals surface area (Å²) in [6.07, 6.45) is 0.426. The van der Waals surface area contributed by atoms with Crippen molar-refractivity contribution in [3.8, 4) is 11.5 Å². The molecule has 3 aromatic carbocycles. The maximum absolute atomic E-state index is 13.5. The number of halogens is 1. The molecule has 2 amide bonds. The smallest absolute Gasteiger partial charge is 0.278 e. The Labute approximate surface area is 196 Å². The molecule has 0 atom stereocenters. The molecule has 0 saturated carbocycles. The van der Waals surface area contributed by atoms with Crippen LogP contribution in [0.15, 0.2) is 66.4 Å². The fourth-order valence-corrected chi connectivity index (χ4v) is 4.25. The van der Waals surface area contributed by atoms with Gasteiger partial charge in [0.1, 0.15) is 11.5 Å². The van der Waals surface area contributed by atoms with E-state index in [1.807, 2.05) is 32.0 Å². The van der Waals surface area contributed by atoms with Crippen LogP contribution in [0.1, 0.15) is 22.3 Å². The van der Waals surface area contributed by atoms with E-state index in [4.69, 9.17) is 9.47 Å². The summed E-state index contributed by atoms with van der Waals surface area (Å²) in [4.78, 5) is 28.2. The third-order valence-corrected chi connectivity index (χ3v) is 6.00. The Morgan fingerprint density at radius 2 is 1.68 bits per heavy atom. The number of aryl methyl sites for hydroxylation is 2. The van der Waals surface area contributed by atoms with Gasteiger partial charge in [-0.1, -0.05) is 35.9 Å². The number of nitrogens with zero attached hydrogens (tertiary/aromatic N) is 1. The van der Waals surface area contributed by atoms with Gasteiger partial charge in [0.05, 0.1) is 5.57 Å². The Bertz CT molecular complexity index is 1330. The Morgan fingerprint density at radius 3 is 2.44 bits per heavy atom. The van der Waals surface area contributed by atoms with Crippen molar-refractivity contribution < 1.29 is 23.5 Å². The molecule has 2 aliphatic rings. The summed E-state index contributed by atoms with van der Waals surface area (Å²) in [5, 5.41) is 3.16. The molecule has 0 bridgehead atoms. The molecule has 34 heavy (non-hydrogen) atoms. The van der Waals surface area contributed by atoms with Gasteiger partial charge >= 0.3 is 0 Å². The zero-order valence-corrected chi connectivity index (χ0v) is 18.9. The highest BCUT2D eigenvalue weighted by molar-refractivity contribution is 6.36. The largest absolute Gasteiger partial charge is 0.454 e. The lowest BCUT2D eigenvalue weighted by Crippen LogP contribution is -2.34. The molecular weight excluding hydrogens is 435 g/mol. The summed E-state index contributed by atoms with van der Waals surface area (Å²) >= 11 is 0. The quantitative estimate of drug-likeness (QED) is 0.547. The van der Waals surface area contributed by atoms with Crippen molar-refractivity contribution in [2.45, 2.75) is 20.3 Å². The molecule has 0 aliphatic carbocycles. The standard InChI is InChI=1S/C27H23FN2O4/c1-16-3-9-21(17(2)13-16)24-25(29-20-8-10-22-23(14-20)34-15-33-22)27(32)30(26(24)31)12-11-18-4-6-19(28)7-5-18/h3-10,13-14,29H,11-12,15H2,1-2H3. The van der Waals surface area contributed by atoms with Crippen LogP contribution < -0.4 is 14.8 Å². The Hall–Kier alpha value is -4.13. The van der Waals surface area contributed by atoms with E-state index in [0.29, 0.717) is 34.7 Å². The second kappa shape index (κ2) is 8.67. The molecule has 0 radical (unpaired) electrons. The number of carbonyl (C=O) groups excluding carboxylic acids is 2. The van der Waals surface area contributed by atoms with Gasteiger partial charge in [-0.2, -0.15) is 0 Å². The van der Waals surface area contributed by atoms with E-state index in [9.17, 15) is 14.0 Å². The maximum atomic E-state index is 13.5. The van der Waals surface area contributed by atoms with E-state index in [2.05, 4.69) is 5.32 Å². The minimum Gasteiger partial charge on any atom is -0.454 e. The first-order valence-corrected chi connectivity index (χ1v) is 11.0. The Kier molecular flexibility index (Phi) is 5.53. The minimum absolute atomic E-state index is 0.143. The summed E-state index contributed by atoms with van der Waals surface area (Å²) < 4.78 is 24.1.